The summed E-state index contributed by atoms with van der Waals surface area (Å²) in [6.45, 7) is 0.754. The van der Waals surface area contributed by atoms with Crippen LogP contribution in [0.4, 0.5) is 0 Å². The lowest BCUT2D eigenvalue weighted by molar-refractivity contribution is -0.0383. The van der Waals surface area contributed by atoms with Gasteiger partial charge in [-0.3, -0.25) is 0 Å². The van der Waals surface area contributed by atoms with Crippen LogP contribution in [-0.2, 0) is 9.47 Å². The molecule has 1 aromatic heterocycles. The highest BCUT2D eigenvalue weighted by Crippen LogP contribution is 2.37. The first kappa shape index (κ1) is 19.2. The van der Waals surface area contributed by atoms with E-state index in [1.165, 1.54) is 7.11 Å². The average molecular weight is 392 g/mol. The van der Waals surface area contributed by atoms with E-state index >= 15 is 0 Å². The Kier molecular flexibility index (Phi) is 5.62. The summed E-state index contributed by atoms with van der Waals surface area (Å²) in [5.41, 5.74) is 4.52. The third-order valence-electron chi connectivity index (χ3n) is 5.22. The van der Waals surface area contributed by atoms with Gasteiger partial charge in [-0.15, -0.1) is 0 Å². The molecule has 2 aromatic carbocycles. The van der Waals surface area contributed by atoms with Gasteiger partial charge in [-0.05, 0) is 60.7 Å². The van der Waals surface area contributed by atoms with Crippen LogP contribution < -0.4 is 4.74 Å². The summed E-state index contributed by atoms with van der Waals surface area (Å²) in [7, 11) is 3.04. The lowest BCUT2D eigenvalue weighted by Crippen LogP contribution is -2.20. The predicted octanol–water partition coefficient (Wildman–Crippen LogP) is 4.71. The first-order valence-corrected chi connectivity index (χ1v) is 9.73. The number of nitrogens with zero attached hydrogens (tertiary/aromatic N) is 2. The van der Waals surface area contributed by atoms with E-state index in [1.807, 2.05) is 41.1 Å². The minimum absolute atomic E-state index is 0.0606. The molecule has 2 heterocycles. The van der Waals surface area contributed by atoms with Crippen molar-refractivity contribution in [3.8, 4) is 28.1 Å². The molecule has 0 saturated carbocycles. The Morgan fingerprint density at radius 2 is 1.90 bits per heavy atom. The molecule has 29 heavy (non-hydrogen) atoms. The largest absolute Gasteiger partial charge is 0.497 e. The molecule has 0 bridgehead atoms. The van der Waals surface area contributed by atoms with Crippen LogP contribution in [0.25, 0.3) is 22.4 Å². The summed E-state index contributed by atoms with van der Waals surface area (Å²) in [4.78, 5) is 11.8. The van der Waals surface area contributed by atoms with Crippen LogP contribution in [-0.4, -0.2) is 36.6 Å². The molecular formula is C23H24N2O4. The van der Waals surface area contributed by atoms with Gasteiger partial charge < -0.3 is 14.2 Å². The van der Waals surface area contributed by atoms with Gasteiger partial charge in [-0.1, -0.05) is 18.2 Å². The molecule has 0 radical (unpaired) electrons. The number of rotatable bonds is 5. The Labute approximate surface area is 170 Å². The number of carbonyl (C=O) groups is 1. The maximum Gasteiger partial charge on any atom is 0.337 e. The monoisotopic (exact) mass is 392 g/mol. The van der Waals surface area contributed by atoms with Gasteiger partial charge in [0.05, 0.1) is 25.5 Å². The Balaban J connectivity index is 1.78. The third-order valence-corrected chi connectivity index (χ3v) is 5.22. The number of aromatic nitrogens is 2. The number of methoxy groups -OCH3 is 2. The molecule has 1 atom stereocenters. The van der Waals surface area contributed by atoms with E-state index in [0.29, 0.717) is 5.56 Å². The highest BCUT2D eigenvalue weighted by Gasteiger charge is 2.21. The van der Waals surface area contributed by atoms with Crippen molar-refractivity contribution in [1.82, 2.24) is 9.78 Å². The van der Waals surface area contributed by atoms with Gasteiger partial charge in [0.1, 0.15) is 5.75 Å². The van der Waals surface area contributed by atoms with Crippen molar-refractivity contribution in [3.05, 3.63) is 60.3 Å². The topological polar surface area (TPSA) is 62.6 Å². The second-order valence-corrected chi connectivity index (χ2v) is 6.96. The van der Waals surface area contributed by atoms with Gasteiger partial charge in [0.15, 0.2) is 6.23 Å². The summed E-state index contributed by atoms with van der Waals surface area (Å²) in [6.07, 6.45) is 4.90. The smallest absolute Gasteiger partial charge is 0.337 e. The third kappa shape index (κ3) is 3.89. The van der Waals surface area contributed by atoms with Crippen molar-refractivity contribution in [2.24, 2.45) is 0 Å². The Hall–Kier alpha value is -3.12. The zero-order chi connectivity index (χ0) is 20.2. The van der Waals surface area contributed by atoms with E-state index in [9.17, 15) is 4.79 Å². The normalized spacial score (nSPS) is 16.4. The second-order valence-electron chi connectivity index (χ2n) is 6.96. The maximum absolute atomic E-state index is 11.8. The van der Waals surface area contributed by atoms with Crippen LogP contribution in [0.2, 0.25) is 0 Å². The highest BCUT2D eigenvalue weighted by molar-refractivity contribution is 5.91. The van der Waals surface area contributed by atoms with E-state index in [1.54, 1.807) is 25.4 Å². The van der Waals surface area contributed by atoms with Crippen molar-refractivity contribution in [2.45, 2.75) is 25.5 Å². The number of ether oxygens (including phenoxy) is 3. The van der Waals surface area contributed by atoms with Gasteiger partial charge in [0.25, 0.3) is 0 Å². The van der Waals surface area contributed by atoms with Crippen LogP contribution in [0.5, 0.6) is 5.75 Å². The number of esters is 1. The average Bonchev–Trinajstić information content (AvgIpc) is 3.28. The van der Waals surface area contributed by atoms with Gasteiger partial charge in [0, 0.05) is 18.4 Å². The molecule has 150 valence electrons. The van der Waals surface area contributed by atoms with Gasteiger partial charge >= 0.3 is 5.97 Å². The molecule has 1 fully saturated rings. The fourth-order valence-electron chi connectivity index (χ4n) is 3.69. The number of hydrogen-bond donors (Lipinski definition) is 0. The summed E-state index contributed by atoms with van der Waals surface area (Å²) in [6, 6.07) is 15.4. The fourth-order valence-corrected chi connectivity index (χ4v) is 3.69. The molecule has 0 aliphatic carbocycles. The van der Waals surface area contributed by atoms with Crippen LogP contribution in [0, 0.1) is 0 Å². The number of hydrogen-bond acceptors (Lipinski definition) is 5. The molecule has 6 heteroatoms. The minimum atomic E-state index is -0.348. The van der Waals surface area contributed by atoms with E-state index in [4.69, 9.17) is 14.2 Å². The number of benzene rings is 2. The molecule has 0 spiro atoms. The Morgan fingerprint density at radius 3 is 2.59 bits per heavy atom. The molecule has 6 nitrogen and oxygen atoms in total. The lowest BCUT2D eigenvalue weighted by atomic mass is 9.96. The molecule has 3 aromatic rings. The Morgan fingerprint density at radius 1 is 1.07 bits per heavy atom. The van der Waals surface area contributed by atoms with Crippen molar-refractivity contribution >= 4 is 5.97 Å². The van der Waals surface area contributed by atoms with Crippen LogP contribution in [0.15, 0.2) is 54.7 Å². The van der Waals surface area contributed by atoms with Crippen molar-refractivity contribution in [3.63, 3.8) is 0 Å². The van der Waals surface area contributed by atoms with E-state index in [2.05, 4.69) is 5.10 Å². The van der Waals surface area contributed by atoms with E-state index < -0.39 is 0 Å². The van der Waals surface area contributed by atoms with Gasteiger partial charge in [-0.25, -0.2) is 9.48 Å². The van der Waals surface area contributed by atoms with Crippen molar-refractivity contribution < 1.29 is 19.0 Å². The predicted molar refractivity (Wildman–Crippen MR) is 110 cm³/mol. The number of carbonyl (C=O) groups excluding carboxylic acids is 1. The van der Waals surface area contributed by atoms with Crippen molar-refractivity contribution in [2.75, 3.05) is 20.8 Å². The molecule has 1 unspecified atom stereocenters. The quantitative estimate of drug-likeness (QED) is 0.589. The van der Waals surface area contributed by atoms with Crippen LogP contribution in [0.1, 0.15) is 35.8 Å². The lowest BCUT2D eigenvalue weighted by Gasteiger charge is -2.25. The molecule has 1 aliphatic rings. The first-order chi connectivity index (χ1) is 14.2. The summed E-state index contributed by atoms with van der Waals surface area (Å²) in [5, 5.41) is 4.54. The second kappa shape index (κ2) is 8.49. The van der Waals surface area contributed by atoms with Crippen molar-refractivity contribution in [1.29, 1.82) is 0 Å². The summed E-state index contributed by atoms with van der Waals surface area (Å²) >= 11 is 0. The molecular weight excluding hydrogens is 368 g/mol. The minimum Gasteiger partial charge on any atom is -0.497 e. The fraction of sp³-hybridized carbons (Fsp3) is 0.304. The maximum atomic E-state index is 11.8. The molecule has 0 amide bonds. The van der Waals surface area contributed by atoms with E-state index in [-0.39, 0.29) is 12.2 Å². The summed E-state index contributed by atoms with van der Waals surface area (Å²) in [5.74, 6) is 0.422. The molecule has 1 saturated heterocycles. The zero-order valence-corrected chi connectivity index (χ0v) is 16.6. The molecule has 1 aliphatic heterocycles. The van der Waals surface area contributed by atoms with Crippen LogP contribution >= 0.6 is 0 Å². The van der Waals surface area contributed by atoms with Gasteiger partial charge in [-0.2, -0.15) is 5.10 Å². The zero-order valence-electron chi connectivity index (χ0n) is 16.6. The Bertz CT molecular complexity index is 988. The van der Waals surface area contributed by atoms with Gasteiger partial charge in [0.2, 0.25) is 0 Å². The molecule has 0 N–H and O–H groups in total. The molecule has 4 rings (SSSR count). The standard InChI is InChI=1S/C23H24N2O4/c1-27-18-10-11-19(16-6-8-17(9-7-16)23(26)28-2)20(15-18)21-12-13-24-25(21)22-5-3-4-14-29-22/h6-13,15,22H,3-5,14H2,1-2H3. The SMILES string of the molecule is COC(=O)c1ccc(-c2ccc(OC)cc2-c2ccnn2C2CCCCO2)cc1. The summed E-state index contributed by atoms with van der Waals surface area (Å²) < 4.78 is 18.2. The van der Waals surface area contributed by atoms with Crippen LogP contribution in [0.3, 0.4) is 0 Å². The van der Waals surface area contributed by atoms with E-state index in [0.717, 1.165) is 54.0 Å². The first-order valence-electron chi connectivity index (χ1n) is 9.73. The highest BCUT2D eigenvalue weighted by atomic mass is 16.5.